The molecule has 3 rings (SSSR count). The molecule has 1 aromatic heterocycles. The fourth-order valence-corrected chi connectivity index (χ4v) is 3.36. The van der Waals surface area contributed by atoms with E-state index in [1.807, 2.05) is 62.0 Å². The average Bonchev–Trinajstić information content (AvgIpc) is 2.95. The molecule has 1 heterocycles. The summed E-state index contributed by atoms with van der Waals surface area (Å²) in [7, 11) is 1.91. The number of nitrogens with one attached hydrogen (secondary N) is 1. The molecule has 0 saturated heterocycles. The lowest BCUT2D eigenvalue weighted by atomic mass is 9.87. The van der Waals surface area contributed by atoms with E-state index in [9.17, 15) is 4.79 Å². The lowest BCUT2D eigenvalue weighted by Crippen LogP contribution is -2.23. The van der Waals surface area contributed by atoms with E-state index in [2.05, 4.69) is 43.3 Å². The van der Waals surface area contributed by atoms with Crippen LogP contribution in [0.15, 0.2) is 48.5 Å². The maximum Gasteiger partial charge on any atom is 0.251 e. The number of hydrogen-bond acceptors (Lipinski definition) is 3. The minimum Gasteiger partial charge on any atom is -0.489 e. The van der Waals surface area contributed by atoms with Crippen molar-refractivity contribution < 1.29 is 9.53 Å². The number of hydrogen-bond donors (Lipinski definition) is 1. The van der Waals surface area contributed by atoms with Crippen LogP contribution in [0, 0.1) is 13.8 Å². The van der Waals surface area contributed by atoms with E-state index in [4.69, 9.17) is 4.74 Å². The van der Waals surface area contributed by atoms with Gasteiger partial charge in [-0.1, -0.05) is 45.0 Å². The number of aromatic nitrogens is 2. The Kier molecular flexibility index (Phi) is 6.30. The maximum atomic E-state index is 12.6. The first-order chi connectivity index (χ1) is 14.1. The molecule has 0 saturated carbocycles. The molecule has 0 bridgehead atoms. The molecule has 5 heteroatoms. The molecule has 30 heavy (non-hydrogen) atoms. The second kappa shape index (κ2) is 8.74. The standard InChI is InChI=1S/C25H31N3O2/c1-17-23(18(2)28(6)27-17)15-26-24(29)20-9-7-8-19(14-20)16-30-22-12-10-21(11-13-22)25(3,4)5/h7-14H,15-16H2,1-6H3,(H,26,29). The van der Waals surface area contributed by atoms with Crippen molar-refractivity contribution in [2.24, 2.45) is 7.05 Å². The van der Waals surface area contributed by atoms with Gasteiger partial charge in [-0.15, -0.1) is 0 Å². The van der Waals surface area contributed by atoms with Crippen LogP contribution in [0.25, 0.3) is 0 Å². The van der Waals surface area contributed by atoms with Crippen molar-refractivity contribution in [1.29, 1.82) is 0 Å². The number of nitrogens with zero attached hydrogens (tertiary/aromatic N) is 2. The third kappa shape index (κ3) is 5.09. The number of benzene rings is 2. The summed E-state index contributed by atoms with van der Waals surface area (Å²) in [6.07, 6.45) is 0. The summed E-state index contributed by atoms with van der Waals surface area (Å²) < 4.78 is 7.75. The van der Waals surface area contributed by atoms with Gasteiger partial charge in [0, 0.05) is 30.4 Å². The first-order valence-electron chi connectivity index (χ1n) is 10.2. The molecule has 0 atom stereocenters. The second-order valence-electron chi connectivity index (χ2n) is 8.72. The molecular weight excluding hydrogens is 374 g/mol. The van der Waals surface area contributed by atoms with Gasteiger partial charge >= 0.3 is 0 Å². The number of amides is 1. The lowest BCUT2D eigenvalue weighted by molar-refractivity contribution is 0.0950. The van der Waals surface area contributed by atoms with Crippen LogP contribution in [0.5, 0.6) is 5.75 Å². The van der Waals surface area contributed by atoms with E-state index in [-0.39, 0.29) is 11.3 Å². The number of carbonyl (C=O) groups is 1. The van der Waals surface area contributed by atoms with Crippen LogP contribution in [-0.2, 0) is 25.6 Å². The molecule has 1 amide bonds. The highest BCUT2D eigenvalue weighted by molar-refractivity contribution is 5.94. The maximum absolute atomic E-state index is 12.6. The summed E-state index contributed by atoms with van der Waals surface area (Å²) >= 11 is 0. The molecule has 3 aromatic rings. The van der Waals surface area contributed by atoms with Gasteiger partial charge in [-0.05, 0) is 54.7 Å². The van der Waals surface area contributed by atoms with Gasteiger partial charge in [-0.3, -0.25) is 9.48 Å². The molecular formula is C25H31N3O2. The Hall–Kier alpha value is -3.08. The van der Waals surface area contributed by atoms with Gasteiger partial charge in [0.2, 0.25) is 0 Å². The van der Waals surface area contributed by atoms with E-state index >= 15 is 0 Å². The van der Waals surface area contributed by atoms with E-state index in [0.29, 0.717) is 18.7 Å². The SMILES string of the molecule is Cc1nn(C)c(C)c1CNC(=O)c1cccc(COc2ccc(C(C)(C)C)cc2)c1. The monoisotopic (exact) mass is 405 g/mol. The average molecular weight is 406 g/mol. The third-order valence-electron chi connectivity index (χ3n) is 5.40. The van der Waals surface area contributed by atoms with Crippen LogP contribution in [0.4, 0.5) is 0 Å². The minimum absolute atomic E-state index is 0.103. The summed E-state index contributed by atoms with van der Waals surface area (Å²) in [6, 6.07) is 15.7. The zero-order valence-electron chi connectivity index (χ0n) is 18.7. The highest BCUT2D eigenvalue weighted by Crippen LogP contribution is 2.24. The molecule has 2 aromatic carbocycles. The van der Waals surface area contributed by atoms with Gasteiger partial charge in [-0.2, -0.15) is 5.10 Å². The Balaban J connectivity index is 1.60. The fraction of sp³-hybridized carbons (Fsp3) is 0.360. The molecule has 158 valence electrons. The van der Waals surface area contributed by atoms with Crippen molar-refractivity contribution in [3.8, 4) is 5.75 Å². The molecule has 1 N–H and O–H groups in total. The lowest BCUT2D eigenvalue weighted by Gasteiger charge is -2.19. The fourth-order valence-electron chi connectivity index (χ4n) is 3.36. The largest absolute Gasteiger partial charge is 0.489 e. The Morgan fingerprint density at radius 2 is 1.80 bits per heavy atom. The number of carbonyl (C=O) groups excluding carboxylic acids is 1. The van der Waals surface area contributed by atoms with Crippen LogP contribution >= 0.6 is 0 Å². The smallest absolute Gasteiger partial charge is 0.251 e. The zero-order chi connectivity index (χ0) is 21.9. The number of ether oxygens (including phenoxy) is 1. The Labute approximate surface area is 179 Å². The van der Waals surface area contributed by atoms with Crippen LogP contribution in [-0.4, -0.2) is 15.7 Å². The third-order valence-corrected chi connectivity index (χ3v) is 5.40. The first kappa shape index (κ1) is 21.6. The molecule has 0 spiro atoms. The molecule has 0 fully saturated rings. The summed E-state index contributed by atoms with van der Waals surface area (Å²) in [5.41, 5.74) is 6.03. The van der Waals surface area contributed by atoms with Crippen molar-refractivity contribution in [2.45, 2.75) is 53.2 Å². The van der Waals surface area contributed by atoms with Crippen LogP contribution in [0.2, 0.25) is 0 Å². The van der Waals surface area contributed by atoms with Gasteiger partial charge in [0.05, 0.1) is 5.69 Å². The minimum atomic E-state index is -0.103. The summed E-state index contributed by atoms with van der Waals surface area (Å²) in [6.45, 7) is 11.4. The predicted octanol–water partition coefficient (Wildman–Crippen LogP) is 4.84. The van der Waals surface area contributed by atoms with Gasteiger partial charge < -0.3 is 10.1 Å². The van der Waals surface area contributed by atoms with Crippen molar-refractivity contribution in [3.05, 3.63) is 82.2 Å². The topological polar surface area (TPSA) is 56.2 Å². The Morgan fingerprint density at radius 1 is 1.10 bits per heavy atom. The van der Waals surface area contributed by atoms with Crippen molar-refractivity contribution in [3.63, 3.8) is 0 Å². The van der Waals surface area contributed by atoms with Crippen molar-refractivity contribution in [1.82, 2.24) is 15.1 Å². The first-order valence-corrected chi connectivity index (χ1v) is 10.2. The summed E-state index contributed by atoms with van der Waals surface area (Å²) in [4.78, 5) is 12.6. The van der Waals surface area contributed by atoms with E-state index in [1.165, 1.54) is 5.56 Å². The molecule has 0 aliphatic heterocycles. The normalized spacial score (nSPS) is 11.4. The molecule has 0 aliphatic rings. The predicted molar refractivity (Wildman–Crippen MR) is 120 cm³/mol. The molecule has 0 unspecified atom stereocenters. The Bertz CT molecular complexity index is 1030. The molecule has 0 radical (unpaired) electrons. The Morgan fingerprint density at radius 3 is 2.40 bits per heavy atom. The van der Waals surface area contributed by atoms with Crippen LogP contribution < -0.4 is 10.1 Å². The van der Waals surface area contributed by atoms with Crippen LogP contribution in [0.1, 0.15) is 59.2 Å². The van der Waals surface area contributed by atoms with Crippen LogP contribution in [0.3, 0.4) is 0 Å². The van der Waals surface area contributed by atoms with Gasteiger partial charge in [0.15, 0.2) is 0 Å². The van der Waals surface area contributed by atoms with E-state index in [0.717, 1.165) is 28.3 Å². The number of rotatable bonds is 6. The highest BCUT2D eigenvalue weighted by Gasteiger charge is 2.14. The highest BCUT2D eigenvalue weighted by atomic mass is 16.5. The second-order valence-corrected chi connectivity index (χ2v) is 8.72. The van der Waals surface area contributed by atoms with Gasteiger partial charge in [0.1, 0.15) is 12.4 Å². The van der Waals surface area contributed by atoms with Gasteiger partial charge in [-0.25, -0.2) is 0 Å². The molecule has 0 aliphatic carbocycles. The van der Waals surface area contributed by atoms with E-state index in [1.54, 1.807) is 0 Å². The number of aryl methyl sites for hydroxylation is 2. The molecule has 5 nitrogen and oxygen atoms in total. The summed E-state index contributed by atoms with van der Waals surface area (Å²) in [5, 5.41) is 7.39. The van der Waals surface area contributed by atoms with Gasteiger partial charge in [0.25, 0.3) is 5.91 Å². The summed E-state index contributed by atoms with van der Waals surface area (Å²) in [5.74, 6) is 0.717. The van der Waals surface area contributed by atoms with Crippen molar-refractivity contribution >= 4 is 5.91 Å². The zero-order valence-corrected chi connectivity index (χ0v) is 18.7. The quantitative estimate of drug-likeness (QED) is 0.638. The van der Waals surface area contributed by atoms with Crippen molar-refractivity contribution in [2.75, 3.05) is 0 Å². The van der Waals surface area contributed by atoms with E-state index < -0.39 is 0 Å².